The molecule has 0 aliphatic rings. The molecule has 0 fully saturated rings. The number of hydrogen-bond acceptors (Lipinski definition) is 5. The Hall–Kier alpha value is -3.20. The van der Waals surface area contributed by atoms with E-state index in [-0.39, 0.29) is 6.42 Å². The predicted octanol–water partition coefficient (Wildman–Crippen LogP) is 4.61. The van der Waals surface area contributed by atoms with Crippen molar-refractivity contribution < 1.29 is 14.6 Å². The Balaban J connectivity index is 1.81. The van der Waals surface area contributed by atoms with Gasteiger partial charge in [0.15, 0.2) is 0 Å². The first-order valence-electron chi connectivity index (χ1n) is 7.54. The van der Waals surface area contributed by atoms with Crippen LogP contribution in [0, 0.1) is 11.3 Å². The second-order valence-electron chi connectivity index (χ2n) is 5.05. The first kappa shape index (κ1) is 17.2. The van der Waals surface area contributed by atoms with Crippen molar-refractivity contribution in [1.82, 2.24) is 0 Å². The summed E-state index contributed by atoms with van der Waals surface area (Å²) in [6, 6.07) is 16.1. The van der Waals surface area contributed by atoms with E-state index in [1.165, 1.54) is 0 Å². The van der Waals surface area contributed by atoms with E-state index in [1.807, 2.05) is 6.07 Å². The van der Waals surface area contributed by atoms with E-state index >= 15 is 0 Å². The van der Waals surface area contributed by atoms with Crippen LogP contribution in [0.4, 0.5) is 11.4 Å². The number of ether oxygens (including phenoxy) is 1. The molecular weight excluding hydrogens is 306 g/mol. The molecule has 0 amide bonds. The van der Waals surface area contributed by atoms with E-state index in [9.17, 15) is 4.79 Å². The van der Waals surface area contributed by atoms with Crippen LogP contribution in [0.5, 0.6) is 5.75 Å². The van der Waals surface area contributed by atoms with Crippen molar-refractivity contribution in [1.29, 1.82) is 5.26 Å². The molecule has 2 aromatic carbocycles. The Labute approximate surface area is 140 Å². The third kappa shape index (κ3) is 5.89. The number of azo groups is 1. The molecule has 6 heteroatoms. The van der Waals surface area contributed by atoms with E-state index in [0.717, 1.165) is 0 Å². The Morgan fingerprint density at radius 1 is 1.00 bits per heavy atom. The summed E-state index contributed by atoms with van der Waals surface area (Å²) in [6.45, 7) is 0.486. The third-order valence-electron chi connectivity index (χ3n) is 3.17. The van der Waals surface area contributed by atoms with Gasteiger partial charge in [-0.25, -0.2) is 0 Å². The number of carboxylic acid groups (broad SMARTS) is 1. The number of hydrogen-bond donors (Lipinski definition) is 1. The van der Waals surface area contributed by atoms with E-state index in [1.54, 1.807) is 48.5 Å². The lowest BCUT2D eigenvalue weighted by molar-refractivity contribution is -0.137. The van der Waals surface area contributed by atoms with Crippen LogP contribution < -0.4 is 4.74 Å². The van der Waals surface area contributed by atoms with Gasteiger partial charge in [-0.1, -0.05) is 0 Å². The molecule has 122 valence electrons. The standard InChI is InChI=1S/C18H17N3O3/c19-13-14-4-6-15(7-5-14)20-21-16-8-10-17(11-9-16)24-12-2-1-3-18(22)23/h4-11H,1-3,12H2,(H,22,23). The first-order chi connectivity index (χ1) is 11.7. The maximum Gasteiger partial charge on any atom is 0.303 e. The summed E-state index contributed by atoms with van der Waals surface area (Å²) in [5.74, 6) is -0.0744. The van der Waals surface area contributed by atoms with Gasteiger partial charge in [-0.3, -0.25) is 4.79 Å². The Morgan fingerprint density at radius 2 is 1.58 bits per heavy atom. The summed E-state index contributed by atoms with van der Waals surface area (Å²) >= 11 is 0. The summed E-state index contributed by atoms with van der Waals surface area (Å²) in [5.41, 5.74) is 1.95. The maximum atomic E-state index is 10.4. The summed E-state index contributed by atoms with van der Waals surface area (Å²) < 4.78 is 5.54. The van der Waals surface area contributed by atoms with Crippen molar-refractivity contribution in [2.75, 3.05) is 6.61 Å². The van der Waals surface area contributed by atoms with Crippen LogP contribution >= 0.6 is 0 Å². The van der Waals surface area contributed by atoms with Crippen LogP contribution in [0.25, 0.3) is 0 Å². The van der Waals surface area contributed by atoms with E-state index in [0.29, 0.717) is 42.1 Å². The molecule has 2 aromatic rings. The zero-order valence-corrected chi connectivity index (χ0v) is 13.1. The lowest BCUT2D eigenvalue weighted by Crippen LogP contribution is -2.00. The highest BCUT2D eigenvalue weighted by molar-refractivity contribution is 5.66. The van der Waals surface area contributed by atoms with Crippen LogP contribution in [-0.2, 0) is 4.79 Å². The minimum Gasteiger partial charge on any atom is -0.494 e. The normalized spacial score (nSPS) is 10.5. The molecule has 0 aliphatic carbocycles. The molecule has 0 unspecified atom stereocenters. The van der Waals surface area contributed by atoms with Gasteiger partial charge in [0.25, 0.3) is 0 Å². The van der Waals surface area contributed by atoms with Gasteiger partial charge in [0.1, 0.15) is 5.75 Å². The molecule has 0 bridgehead atoms. The van der Waals surface area contributed by atoms with Gasteiger partial charge >= 0.3 is 5.97 Å². The molecule has 0 saturated heterocycles. The fourth-order valence-electron chi connectivity index (χ4n) is 1.90. The average molecular weight is 323 g/mol. The van der Waals surface area contributed by atoms with Gasteiger partial charge in [-0.2, -0.15) is 15.5 Å². The van der Waals surface area contributed by atoms with Gasteiger partial charge in [0.05, 0.1) is 29.6 Å². The Kier molecular flexibility index (Phi) is 6.47. The largest absolute Gasteiger partial charge is 0.494 e. The Bertz CT molecular complexity index is 732. The van der Waals surface area contributed by atoms with Crippen molar-refractivity contribution in [2.24, 2.45) is 10.2 Å². The molecule has 6 nitrogen and oxygen atoms in total. The monoisotopic (exact) mass is 323 g/mol. The number of carbonyl (C=O) groups is 1. The average Bonchev–Trinajstić information content (AvgIpc) is 2.61. The number of nitrogens with zero attached hydrogens (tertiary/aromatic N) is 3. The number of nitriles is 1. The fourth-order valence-corrected chi connectivity index (χ4v) is 1.90. The zero-order valence-electron chi connectivity index (χ0n) is 13.1. The molecule has 24 heavy (non-hydrogen) atoms. The van der Waals surface area contributed by atoms with Crippen LogP contribution in [0.3, 0.4) is 0 Å². The fraction of sp³-hybridized carbons (Fsp3) is 0.222. The summed E-state index contributed by atoms with van der Waals surface area (Å²) in [7, 11) is 0. The van der Waals surface area contributed by atoms with Crippen LogP contribution in [0.1, 0.15) is 24.8 Å². The highest BCUT2D eigenvalue weighted by Crippen LogP contribution is 2.21. The number of unbranched alkanes of at least 4 members (excludes halogenated alkanes) is 1. The number of rotatable bonds is 8. The highest BCUT2D eigenvalue weighted by atomic mass is 16.5. The van der Waals surface area contributed by atoms with Crippen molar-refractivity contribution in [3.8, 4) is 11.8 Å². The molecule has 2 rings (SSSR count). The van der Waals surface area contributed by atoms with Gasteiger partial charge < -0.3 is 9.84 Å². The van der Waals surface area contributed by atoms with Gasteiger partial charge in [0.2, 0.25) is 0 Å². The highest BCUT2D eigenvalue weighted by Gasteiger charge is 1.98. The van der Waals surface area contributed by atoms with E-state index < -0.39 is 5.97 Å². The molecule has 1 N–H and O–H groups in total. The topological polar surface area (TPSA) is 95.0 Å². The van der Waals surface area contributed by atoms with Crippen LogP contribution in [0.15, 0.2) is 58.8 Å². The second-order valence-corrected chi connectivity index (χ2v) is 5.05. The predicted molar refractivity (Wildman–Crippen MR) is 88.8 cm³/mol. The number of benzene rings is 2. The minimum absolute atomic E-state index is 0.165. The van der Waals surface area contributed by atoms with Gasteiger partial charge in [0, 0.05) is 6.42 Å². The molecule has 0 radical (unpaired) electrons. The van der Waals surface area contributed by atoms with Crippen LogP contribution in [0.2, 0.25) is 0 Å². The van der Waals surface area contributed by atoms with Crippen molar-refractivity contribution in [3.05, 3.63) is 54.1 Å². The van der Waals surface area contributed by atoms with Crippen molar-refractivity contribution in [2.45, 2.75) is 19.3 Å². The van der Waals surface area contributed by atoms with Gasteiger partial charge in [-0.15, -0.1) is 0 Å². The molecule has 0 heterocycles. The molecule has 0 aliphatic heterocycles. The van der Waals surface area contributed by atoms with Gasteiger partial charge in [-0.05, 0) is 61.4 Å². The molecule has 0 saturated carbocycles. The van der Waals surface area contributed by atoms with Crippen molar-refractivity contribution in [3.63, 3.8) is 0 Å². The second kappa shape index (κ2) is 9.06. The lowest BCUT2D eigenvalue weighted by Gasteiger charge is -2.05. The van der Waals surface area contributed by atoms with Crippen LogP contribution in [-0.4, -0.2) is 17.7 Å². The van der Waals surface area contributed by atoms with Crippen molar-refractivity contribution >= 4 is 17.3 Å². The summed E-state index contributed by atoms with van der Waals surface area (Å²) in [4.78, 5) is 10.4. The quantitative estimate of drug-likeness (QED) is 0.567. The summed E-state index contributed by atoms with van der Waals surface area (Å²) in [6.07, 6.45) is 1.47. The third-order valence-corrected chi connectivity index (χ3v) is 3.17. The number of carboxylic acids is 1. The first-order valence-corrected chi connectivity index (χ1v) is 7.54. The SMILES string of the molecule is N#Cc1ccc(N=Nc2ccc(OCCCCC(=O)O)cc2)cc1. The molecule has 0 aromatic heterocycles. The van der Waals surface area contributed by atoms with E-state index in [4.69, 9.17) is 15.1 Å². The zero-order chi connectivity index (χ0) is 17.2. The Morgan fingerprint density at radius 3 is 2.12 bits per heavy atom. The smallest absolute Gasteiger partial charge is 0.303 e. The number of aliphatic carboxylic acids is 1. The summed E-state index contributed by atoms with van der Waals surface area (Å²) in [5, 5.41) is 25.5. The molecule has 0 spiro atoms. The van der Waals surface area contributed by atoms with E-state index in [2.05, 4.69) is 10.2 Å². The molecular formula is C18H17N3O3. The molecule has 0 atom stereocenters. The minimum atomic E-state index is -0.785. The lowest BCUT2D eigenvalue weighted by atomic mass is 10.2. The maximum absolute atomic E-state index is 10.4.